The minimum Gasteiger partial charge on any atom is -0.305 e. The molecular weight excluding hydrogens is 322 g/mol. The van der Waals surface area contributed by atoms with Gasteiger partial charge in [-0.2, -0.15) is 5.10 Å². The topological polar surface area (TPSA) is 29.9 Å². The fraction of sp³-hybridized carbons (Fsp3) is 0.400. The highest BCUT2D eigenvalue weighted by molar-refractivity contribution is 7.27. The Morgan fingerprint density at radius 1 is 1.38 bits per heavy atom. The van der Waals surface area contributed by atoms with Crippen molar-refractivity contribution >= 4 is 43.7 Å². The maximum Gasteiger partial charge on any atom is 0.0857 e. The Bertz CT molecular complexity index is 713. The quantitative estimate of drug-likeness (QED) is 0.701. The maximum absolute atomic E-state index is 6.43. The van der Waals surface area contributed by atoms with E-state index in [-0.39, 0.29) is 12.1 Å². The first-order valence-corrected chi connectivity index (χ1v) is 9.12. The Balaban J connectivity index is 2.09. The molecular formula is C15H18ClN3S2. The van der Waals surface area contributed by atoms with E-state index in [2.05, 4.69) is 48.7 Å². The normalized spacial score (nSPS) is 13.4. The summed E-state index contributed by atoms with van der Waals surface area (Å²) in [6.07, 6.45) is 1.75. The third-order valence-corrected chi connectivity index (χ3v) is 5.85. The molecule has 0 aliphatic heterocycles. The highest BCUT2D eigenvalue weighted by atomic mass is 35.5. The third-order valence-electron chi connectivity index (χ3n) is 3.40. The number of fused-ring (bicyclic) bond motifs is 1. The van der Waals surface area contributed by atoms with E-state index in [1.54, 1.807) is 17.5 Å². The van der Waals surface area contributed by atoms with Crippen molar-refractivity contribution in [3.63, 3.8) is 0 Å². The van der Waals surface area contributed by atoms with Gasteiger partial charge in [0.15, 0.2) is 0 Å². The number of nitrogens with one attached hydrogen (secondary N) is 1. The van der Waals surface area contributed by atoms with E-state index < -0.39 is 0 Å². The van der Waals surface area contributed by atoms with Crippen LogP contribution < -0.4 is 5.32 Å². The van der Waals surface area contributed by atoms with Gasteiger partial charge in [0.2, 0.25) is 0 Å². The highest BCUT2D eigenvalue weighted by Crippen LogP contribution is 2.38. The Morgan fingerprint density at radius 3 is 2.86 bits per heavy atom. The van der Waals surface area contributed by atoms with E-state index in [0.717, 1.165) is 17.3 Å². The second-order valence-corrected chi connectivity index (χ2v) is 7.67. The zero-order valence-corrected chi connectivity index (χ0v) is 14.6. The standard InChI is InChI=1S/C15H18ClN3S2/c1-4-17-14(13-7-12-11(21-13)5-6-20-12)15-10(16)8-18-19(15)9(2)3/h5-9,14,17H,4H2,1-3H3. The van der Waals surface area contributed by atoms with Gasteiger partial charge >= 0.3 is 0 Å². The monoisotopic (exact) mass is 339 g/mol. The van der Waals surface area contributed by atoms with Crippen LogP contribution in [0.1, 0.15) is 43.4 Å². The zero-order valence-electron chi connectivity index (χ0n) is 12.3. The van der Waals surface area contributed by atoms with E-state index in [9.17, 15) is 0 Å². The van der Waals surface area contributed by atoms with E-state index in [1.165, 1.54) is 14.3 Å². The van der Waals surface area contributed by atoms with Crippen molar-refractivity contribution in [2.24, 2.45) is 0 Å². The van der Waals surface area contributed by atoms with Gasteiger partial charge in [-0.3, -0.25) is 4.68 Å². The summed E-state index contributed by atoms with van der Waals surface area (Å²) in [7, 11) is 0. The summed E-state index contributed by atoms with van der Waals surface area (Å²) < 4.78 is 4.69. The lowest BCUT2D eigenvalue weighted by molar-refractivity contribution is 0.478. The Labute approximate surface area is 137 Å². The van der Waals surface area contributed by atoms with Crippen molar-refractivity contribution in [2.45, 2.75) is 32.9 Å². The summed E-state index contributed by atoms with van der Waals surface area (Å²) in [5.41, 5.74) is 1.06. The van der Waals surface area contributed by atoms with Crippen molar-refractivity contribution in [1.82, 2.24) is 15.1 Å². The smallest absolute Gasteiger partial charge is 0.0857 e. The predicted molar refractivity (Wildman–Crippen MR) is 92.8 cm³/mol. The summed E-state index contributed by atoms with van der Waals surface area (Å²) in [4.78, 5) is 1.29. The molecule has 0 saturated carbocycles. The van der Waals surface area contributed by atoms with E-state index in [4.69, 9.17) is 11.6 Å². The van der Waals surface area contributed by atoms with Crippen molar-refractivity contribution in [1.29, 1.82) is 0 Å². The van der Waals surface area contributed by atoms with E-state index in [0.29, 0.717) is 0 Å². The van der Waals surface area contributed by atoms with E-state index in [1.807, 2.05) is 16.0 Å². The molecule has 1 atom stereocenters. The molecule has 0 bridgehead atoms. The number of aromatic nitrogens is 2. The summed E-state index contributed by atoms with van der Waals surface area (Å²) in [6.45, 7) is 7.26. The van der Waals surface area contributed by atoms with Gasteiger partial charge in [0.25, 0.3) is 0 Å². The molecule has 0 aliphatic rings. The van der Waals surface area contributed by atoms with Gasteiger partial charge in [0, 0.05) is 20.3 Å². The number of hydrogen-bond acceptors (Lipinski definition) is 4. The molecule has 1 unspecified atom stereocenters. The van der Waals surface area contributed by atoms with Crippen molar-refractivity contribution < 1.29 is 0 Å². The molecule has 0 aliphatic carbocycles. The van der Waals surface area contributed by atoms with Crippen molar-refractivity contribution in [2.75, 3.05) is 6.54 Å². The van der Waals surface area contributed by atoms with Gasteiger partial charge in [0.1, 0.15) is 0 Å². The molecule has 0 spiro atoms. The molecule has 1 N–H and O–H groups in total. The van der Waals surface area contributed by atoms with Gasteiger partial charge in [-0.05, 0) is 37.9 Å². The molecule has 112 valence electrons. The molecule has 0 radical (unpaired) electrons. The second kappa shape index (κ2) is 6.08. The highest BCUT2D eigenvalue weighted by Gasteiger charge is 2.24. The summed E-state index contributed by atoms with van der Waals surface area (Å²) in [6, 6.07) is 4.83. The minimum atomic E-state index is 0.0944. The molecule has 3 aromatic heterocycles. The third kappa shape index (κ3) is 2.75. The first-order valence-electron chi connectivity index (χ1n) is 7.05. The van der Waals surface area contributed by atoms with Gasteiger partial charge in [-0.15, -0.1) is 22.7 Å². The molecule has 0 saturated heterocycles. The Kier molecular flexibility index (Phi) is 4.36. The average Bonchev–Trinajstić information content (AvgIpc) is 3.09. The number of hydrogen-bond donors (Lipinski definition) is 1. The maximum atomic E-state index is 6.43. The molecule has 6 heteroatoms. The van der Waals surface area contributed by atoms with Crippen LogP contribution in [-0.4, -0.2) is 16.3 Å². The van der Waals surface area contributed by atoms with Gasteiger partial charge < -0.3 is 5.32 Å². The molecule has 3 aromatic rings. The predicted octanol–water partition coefficient (Wildman–Crippen LogP) is 5.09. The van der Waals surface area contributed by atoms with Crippen LogP contribution in [0, 0.1) is 0 Å². The molecule has 0 amide bonds. The first-order chi connectivity index (χ1) is 10.1. The molecule has 0 aromatic carbocycles. The average molecular weight is 340 g/mol. The van der Waals surface area contributed by atoms with Crippen LogP contribution in [0.25, 0.3) is 9.40 Å². The van der Waals surface area contributed by atoms with Gasteiger partial charge in [-0.1, -0.05) is 18.5 Å². The van der Waals surface area contributed by atoms with Crippen LogP contribution >= 0.6 is 34.3 Å². The molecule has 3 rings (SSSR count). The zero-order chi connectivity index (χ0) is 15.0. The largest absolute Gasteiger partial charge is 0.305 e. The second-order valence-electron chi connectivity index (χ2n) is 5.20. The van der Waals surface area contributed by atoms with Gasteiger partial charge in [-0.25, -0.2) is 0 Å². The van der Waals surface area contributed by atoms with Crippen molar-refractivity contribution in [3.05, 3.63) is 39.3 Å². The van der Waals surface area contributed by atoms with Crippen LogP contribution in [0.4, 0.5) is 0 Å². The SMILES string of the molecule is CCNC(c1cc2sccc2s1)c1c(Cl)cnn1C(C)C. The van der Waals surface area contributed by atoms with Crippen LogP contribution in [0.3, 0.4) is 0 Å². The number of nitrogens with zero attached hydrogens (tertiary/aromatic N) is 2. The lowest BCUT2D eigenvalue weighted by atomic mass is 10.1. The number of rotatable bonds is 5. The van der Waals surface area contributed by atoms with E-state index >= 15 is 0 Å². The molecule has 3 nitrogen and oxygen atoms in total. The van der Waals surface area contributed by atoms with Crippen LogP contribution in [0.2, 0.25) is 5.02 Å². The molecule has 3 heterocycles. The lowest BCUT2D eigenvalue weighted by Gasteiger charge is -2.20. The van der Waals surface area contributed by atoms with Crippen LogP contribution in [0.15, 0.2) is 23.7 Å². The van der Waals surface area contributed by atoms with Crippen LogP contribution in [0.5, 0.6) is 0 Å². The van der Waals surface area contributed by atoms with Gasteiger partial charge in [0.05, 0.1) is 23.0 Å². The fourth-order valence-corrected chi connectivity index (χ4v) is 4.93. The number of thiophene rings is 2. The Hall–Kier alpha value is -0.880. The Morgan fingerprint density at radius 2 is 2.19 bits per heavy atom. The number of halogens is 1. The van der Waals surface area contributed by atoms with Crippen LogP contribution in [-0.2, 0) is 0 Å². The van der Waals surface area contributed by atoms with Crippen molar-refractivity contribution in [3.8, 4) is 0 Å². The molecule has 0 fully saturated rings. The summed E-state index contributed by atoms with van der Waals surface area (Å²) >= 11 is 10.0. The summed E-state index contributed by atoms with van der Waals surface area (Å²) in [5.74, 6) is 0. The molecule has 21 heavy (non-hydrogen) atoms. The lowest BCUT2D eigenvalue weighted by Crippen LogP contribution is -2.25. The fourth-order valence-electron chi connectivity index (χ4n) is 2.50. The first kappa shape index (κ1) is 15.0. The summed E-state index contributed by atoms with van der Waals surface area (Å²) in [5, 5.41) is 10.9. The minimum absolute atomic E-state index is 0.0944.